The van der Waals surface area contributed by atoms with Crippen LogP contribution >= 0.6 is 0 Å². The summed E-state index contributed by atoms with van der Waals surface area (Å²) in [6, 6.07) is 10.5. The maximum atomic E-state index is 4.58. The zero-order valence-corrected chi connectivity index (χ0v) is 10.5. The van der Waals surface area contributed by atoms with Crippen LogP contribution in [-0.4, -0.2) is 16.3 Å². The molecule has 0 aliphatic heterocycles. The highest BCUT2D eigenvalue weighted by Crippen LogP contribution is 2.14. The van der Waals surface area contributed by atoms with Gasteiger partial charge < -0.3 is 5.32 Å². The van der Waals surface area contributed by atoms with Crippen molar-refractivity contribution in [3.05, 3.63) is 47.8 Å². The van der Waals surface area contributed by atoms with Crippen LogP contribution < -0.4 is 5.32 Å². The lowest BCUT2D eigenvalue weighted by atomic mass is 10.1. The van der Waals surface area contributed by atoms with E-state index in [1.807, 2.05) is 10.9 Å². The van der Waals surface area contributed by atoms with Gasteiger partial charge in [-0.25, -0.2) is 4.68 Å². The van der Waals surface area contributed by atoms with Crippen LogP contribution in [0.25, 0.3) is 5.69 Å². The molecule has 0 spiro atoms. The quantitative estimate of drug-likeness (QED) is 0.854. The number of aromatic nitrogens is 2. The summed E-state index contributed by atoms with van der Waals surface area (Å²) in [5.74, 6) is 0. The summed E-state index contributed by atoms with van der Waals surface area (Å²) >= 11 is 0. The Morgan fingerprint density at radius 2 is 2.00 bits per heavy atom. The molecule has 1 N–H and O–H groups in total. The van der Waals surface area contributed by atoms with E-state index in [-0.39, 0.29) is 0 Å². The van der Waals surface area contributed by atoms with Crippen LogP contribution in [0.15, 0.2) is 36.5 Å². The Hall–Kier alpha value is -1.61. The highest BCUT2D eigenvalue weighted by molar-refractivity contribution is 5.40. The lowest BCUT2D eigenvalue weighted by molar-refractivity contribution is 0.696. The molecule has 90 valence electrons. The molecule has 17 heavy (non-hydrogen) atoms. The summed E-state index contributed by atoms with van der Waals surface area (Å²) in [6.07, 6.45) is 3.06. The van der Waals surface area contributed by atoms with Crippen molar-refractivity contribution in [1.82, 2.24) is 15.1 Å². The zero-order valence-electron chi connectivity index (χ0n) is 10.5. The molecule has 0 saturated carbocycles. The summed E-state index contributed by atoms with van der Waals surface area (Å²) in [5.41, 5.74) is 3.58. The van der Waals surface area contributed by atoms with Gasteiger partial charge in [-0.05, 0) is 30.7 Å². The average Bonchev–Trinajstić information content (AvgIpc) is 2.85. The number of benzene rings is 1. The number of hydrogen-bond donors (Lipinski definition) is 1. The molecule has 2 aromatic rings. The second-order valence-electron chi connectivity index (χ2n) is 4.01. The van der Waals surface area contributed by atoms with Crippen molar-refractivity contribution in [2.75, 3.05) is 6.54 Å². The molecule has 2 rings (SSSR count). The number of para-hydroxylation sites is 1. The van der Waals surface area contributed by atoms with Gasteiger partial charge in [-0.1, -0.05) is 32.0 Å². The molecule has 0 aliphatic rings. The molecular formula is C14H19N3. The minimum Gasteiger partial charge on any atom is -0.311 e. The Kier molecular flexibility index (Phi) is 3.94. The van der Waals surface area contributed by atoms with E-state index in [1.54, 1.807) is 0 Å². The molecule has 1 aromatic carbocycles. The van der Waals surface area contributed by atoms with E-state index in [0.717, 1.165) is 25.2 Å². The first-order chi connectivity index (χ1) is 8.35. The van der Waals surface area contributed by atoms with E-state index in [1.165, 1.54) is 11.3 Å². The van der Waals surface area contributed by atoms with Gasteiger partial charge >= 0.3 is 0 Å². The molecule has 0 fully saturated rings. The Labute approximate surface area is 102 Å². The van der Waals surface area contributed by atoms with Gasteiger partial charge in [0.1, 0.15) is 0 Å². The Morgan fingerprint density at radius 3 is 2.76 bits per heavy atom. The van der Waals surface area contributed by atoms with E-state index in [2.05, 4.69) is 54.6 Å². The number of nitrogens with one attached hydrogen (secondary N) is 1. The highest BCUT2D eigenvalue weighted by Gasteiger charge is 2.04. The summed E-state index contributed by atoms with van der Waals surface area (Å²) in [7, 11) is 0. The molecule has 0 aliphatic carbocycles. The fourth-order valence-corrected chi connectivity index (χ4v) is 1.88. The van der Waals surface area contributed by atoms with Gasteiger partial charge in [0, 0.05) is 12.7 Å². The van der Waals surface area contributed by atoms with E-state index in [0.29, 0.717) is 0 Å². The molecule has 3 nitrogen and oxygen atoms in total. The van der Waals surface area contributed by atoms with Gasteiger partial charge in [0.15, 0.2) is 0 Å². The Bertz CT molecular complexity index is 474. The largest absolute Gasteiger partial charge is 0.311 e. The topological polar surface area (TPSA) is 29.9 Å². The summed E-state index contributed by atoms with van der Waals surface area (Å²) in [6.45, 7) is 6.07. The van der Waals surface area contributed by atoms with E-state index in [4.69, 9.17) is 0 Å². The lowest BCUT2D eigenvalue weighted by Crippen LogP contribution is -2.12. The third-order valence-corrected chi connectivity index (χ3v) is 2.82. The third-order valence-electron chi connectivity index (χ3n) is 2.82. The van der Waals surface area contributed by atoms with Crippen molar-refractivity contribution in [3.63, 3.8) is 0 Å². The van der Waals surface area contributed by atoms with Gasteiger partial charge in [-0.3, -0.25) is 0 Å². The van der Waals surface area contributed by atoms with Crippen LogP contribution in [0.5, 0.6) is 0 Å². The van der Waals surface area contributed by atoms with Crippen LogP contribution in [-0.2, 0) is 13.0 Å². The zero-order chi connectivity index (χ0) is 12.1. The predicted molar refractivity (Wildman–Crippen MR) is 70.3 cm³/mol. The lowest BCUT2D eigenvalue weighted by Gasteiger charge is -2.07. The first kappa shape index (κ1) is 11.9. The van der Waals surface area contributed by atoms with Crippen molar-refractivity contribution < 1.29 is 0 Å². The molecule has 0 bridgehead atoms. The maximum Gasteiger partial charge on any atom is 0.0766 e. The van der Waals surface area contributed by atoms with Gasteiger partial charge in [-0.15, -0.1) is 0 Å². The second kappa shape index (κ2) is 5.64. The first-order valence-corrected chi connectivity index (χ1v) is 6.18. The van der Waals surface area contributed by atoms with Crippen molar-refractivity contribution in [2.24, 2.45) is 0 Å². The first-order valence-electron chi connectivity index (χ1n) is 6.18. The summed E-state index contributed by atoms with van der Waals surface area (Å²) in [4.78, 5) is 0. The van der Waals surface area contributed by atoms with Crippen LogP contribution in [0.1, 0.15) is 25.1 Å². The van der Waals surface area contributed by atoms with Gasteiger partial charge in [0.25, 0.3) is 0 Å². The number of aryl methyl sites for hydroxylation is 1. The Morgan fingerprint density at radius 1 is 1.18 bits per heavy atom. The maximum absolute atomic E-state index is 4.58. The minimum absolute atomic E-state index is 0.831. The highest BCUT2D eigenvalue weighted by atomic mass is 15.3. The molecule has 0 unspecified atom stereocenters. The molecule has 1 heterocycles. The normalized spacial score (nSPS) is 10.7. The molecule has 3 heteroatoms. The van der Waals surface area contributed by atoms with Gasteiger partial charge in [0.05, 0.1) is 11.4 Å². The van der Waals surface area contributed by atoms with Crippen molar-refractivity contribution >= 4 is 0 Å². The predicted octanol–water partition coefficient (Wildman–Crippen LogP) is 2.54. The molecule has 0 radical (unpaired) electrons. The Balaban J connectivity index is 2.24. The van der Waals surface area contributed by atoms with E-state index < -0.39 is 0 Å². The van der Waals surface area contributed by atoms with Crippen molar-refractivity contribution in [3.8, 4) is 5.69 Å². The molecule has 0 atom stereocenters. The molecule has 0 saturated heterocycles. The van der Waals surface area contributed by atoms with Crippen LogP contribution in [0.3, 0.4) is 0 Å². The monoisotopic (exact) mass is 229 g/mol. The average molecular weight is 229 g/mol. The van der Waals surface area contributed by atoms with Crippen molar-refractivity contribution in [1.29, 1.82) is 0 Å². The van der Waals surface area contributed by atoms with Gasteiger partial charge in [0.2, 0.25) is 0 Å². The standard InChI is InChI=1S/C14H19N3/c1-3-12-7-5-6-8-14(12)17-10-9-13(16-17)11-15-4-2/h5-10,15H,3-4,11H2,1-2H3. The SMILES string of the molecule is CCNCc1ccn(-c2ccccc2CC)n1. The number of nitrogens with zero attached hydrogens (tertiary/aromatic N) is 2. The van der Waals surface area contributed by atoms with Crippen LogP contribution in [0, 0.1) is 0 Å². The van der Waals surface area contributed by atoms with Crippen LogP contribution in [0.2, 0.25) is 0 Å². The summed E-state index contributed by atoms with van der Waals surface area (Å²) in [5, 5.41) is 7.86. The fraction of sp³-hybridized carbons (Fsp3) is 0.357. The van der Waals surface area contributed by atoms with Crippen molar-refractivity contribution in [2.45, 2.75) is 26.8 Å². The fourth-order valence-electron chi connectivity index (χ4n) is 1.88. The van der Waals surface area contributed by atoms with E-state index >= 15 is 0 Å². The number of hydrogen-bond acceptors (Lipinski definition) is 2. The third kappa shape index (κ3) is 2.74. The van der Waals surface area contributed by atoms with E-state index in [9.17, 15) is 0 Å². The minimum atomic E-state index is 0.831. The molecule has 0 amide bonds. The molecular weight excluding hydrogens is 210 g/mol. The second-order valence-corrected chi connectivity index (χ2v) is 4.01. The van der Waals surface area contributed by atoms with Gasteiger partial charge in [-0.2, -0.15) is 5.10 Å². The number of rotatable bonds is 5. The molecule has 1 aromatic heterocycles. The smallest absolute Gasteiger partial charge is 0.0766 e. The van der Waals surface area contributed by atoms with Crippen LogP contribution in [0.4, 0.5) is 0 Å². The summed E-state index contributed by atoms with van der Waals surface area (Å²) < 4.78 is 1.96.